The Morgan fingerprint density at radius 1 is 1.12 bits per heavy atom. The fourth-order valence-electron chi connectivity index (χ4n) is 4.11. The Kier molecular flexibility index (Phi) is 6.29. The molecule has 0 amide bonds. The first-order chi connectivity index (χ1) is 16.7. The number of imidazole rings is 1. The van der Waals surface area contributed by atoms with Gasteiger partial charge in [-0.3, -0.25) is 9.30 Å². The number of anilines is 3. The lowest BCUT2D eigenvalue weighted by Gasteiger charge is -2.35. The zero-order valence-electron chi connectivity index (χ0n) is 18.7. The van der Waals surface area contributed by atoms with Crippen molar-refractivity contribution in [3.8, 4) is 17.1 Å². The standard InChI is InChI=1S/C24H24ClN7O2/c1-34-21-14-17(31-10-8-30(9-11-31)12-13-33)5-6-19(21)28-24-27-15-18(25)23(29-24)20-16-26-22-4-2-3-7-32(20)22/h2-7,13-16H,8-12H2,1H3,(H,27,28,29). The molecule has 9 nitrogen and oxygen atoms in total. The van der Waals surface area contributed by atoms with E-state index < -0.39 is 0 Å². The Labute approximate surface area is 202 Å². The van der Waals surface area contributed by atoms with Crippen LogP contribution < -0.4 is 15.0 Å². The van der Waals surface area contributed by atoms with Gasteiger partial charge in [0.05, 0.1) is 42.5 Å². The van der Waals surface area contributed by atoms with E-state index in [1.807, 2.05) is 47.0 Å². The van der Waals surface area contributed by atoms with Crippen molar-refractivity contribution < 1.29 is 9.53 Å². The van der Waals surface area contributed by atoms with Crippen LogP contribution >= 0.6 is 11.6 Å². The van der Waals surface area contributed by atoms with Gasteiger partial charge in [0.15, 0.2) is 0 Å². The van der Waals surface area contributed by atoms with Crippen LogP contribution in [0.1, 0.15) is 0 Å². The van der Waals surface area contributed by atoms with Gasteiger partial charge in [-0.25, -0.2) is 15.0 Å². The summed E-state index contributed by atoms with van der Waals surface area (Å²) in [4.78, 5) is 28.6. The topological polar surface area (TPSA) is 87.9 Å². The smallest absolute Gasteiger partial charge is 0.227 e. The minimum Gasteiger partial charge on any atom is -0.494 e. The van der Waals surface area contributed by atoms with Crippen LogP contribution in [0, 0.1) is 0 Å². The third-order valence-electron chi connectivity index (χ3n) is 5.91. The highest BCUT2D eigenvalue weighted by Crippen LogP contribution is 2.33. The number of hydrogen-bond acceptors (Lipinski definition) is 8. The second-order valence-electron chi connectivity index (χ2n) is 7.93. The Hall–Kier alpha value is -3.69. The largest absolute Gasteiger partial charge is 0.494 e. The van der Waals surface area contributed by atoms with Crippen LogP contribution in [0.4, 0.5) is 17.3 Å². The molecular formula is C24H24ClN7O2. The summed E-state index contributed by atoms with van der Waals surface area (Å²) < 4.78 is 7.58. The van der Waals surface area contributed by atoms with Crippen molar-refractivity contribution in [1.82, 2.24) is 24.3 Å². The Balaban J connectivity index is 1.38. The lowest BCUT2D eigenvalue weighted by atomic mass is 10.2. The number of fused-ring (bicyclic) bond motifs is 1. The number of aldehydes is 1. The molecule has 0 bridgehead atoms. The fourth-order valence-corrected chi connectivity index (χ4v) is 4.30. The van der Waals surface area contributed by atoms with E-state index in [0.29, 0.717) is 29.0 Å². The van der Waals surface area contributed by atoms with E-state index in [2.05, 4.69) is 30.1 Å². The Bertz CT molecular complexity index is 1320. The lowest BCUT2D eigenvalue weighted by molar-refractivity contribution is -0.108. The van der Waals surface area contributed by atoms with Gasteiger partial charge < -0.3 is 19.7 Å². The number of hydrogen-bond donors (Lipinski definition) is 1. The zero-order valence-corrected chi connectivity index (χ0v) is 19.4. The molecule has 0 spiro atoms. The van der Waals surface area contributed by atoms with E-state index in [9.17, 15) is 4.79 Å². The second-order valence-corrected chi connectivity index (χ2v) is 8.33. The molecule has 1 N–H and O–H groups in total. The van der Waals surface area contributed by atoms with Crippen LogP contribution in [0.15, 0.2) is 55.0 Å². The summed E-state index contributed by atoms with van der Waals surface area (Å²) in [5, 5.41) is 3.69. The maximum atomic E-state index is 10.8. The molecule has 3 aromatic heterocycles. The quantitative estimate of drug-likeness (QED) is 0.404. The number of halogens is 1. The first-order valence-corrected chi connectivity index (χ1v) is 11.3. The number of nitrogens with zero attached hydrogens (tertiary/aromatic N) is 6. The summed E-state index contributed by atoms with van der Waals surface area (Å²) in [6, 6.07) is 11.8. The summed E-state index contributed by atoms with van der Waals surface area (Å²) in [7, 11) is 1.64. The number of benzene rings is 1. The highest BCUT2D eigenvalue weighted by molar-refractivity contribution is 6.32. The number of nitrogens with one attached hydrogen (secondary N) is 1. The van der Waals surface area contributed by atoms with Gasteiger partial charge in [0.1, 0.15) is 23.4 Å². The van der Waals surface area contributed by atoms with E-state index in [0.717, 1.165) is 55.2 Å². The predicted octanol–water partition coefficient (Wildman–Crippen LogP) is 3.52. The minimum atomic E-state index is 0.402. The van der Waals surface area contributed by atoms with Crippen molar-refractivity contribution in [2.45, 2.75) is 0 Å². The summed E-state index contributed by atoms with van der Waals surface area (Å²) in [6.07, 6.45) is 6.20. The van der Waals surface area contributed by atoms with Gasteiger partial charge in [-0.15, -0.1) is 0 Å². The number of methoxy groups -OCH3 is 1. The van der Waals surface area contributed by atoms with Crippen molar-refractivity contribution in [1.29, 1.82) is 0 Å². The SMILES string of the molecule is COc1cc(N2CCN(CC=O)CC2)ccc1Nc1ncc(Cl)c(-c2cnc3ccccn23)n1. The summed E-state index contributed by atoms with van der Waals surface area (Å²) >= 11 is 6.44. The van der Waals surface area contributed by atoms with Gasteiger partial charge in [0.25, 0.3) is 0 Å². The molecule has 1 aliphatic heterocycles. The monoisotopic (exact) mass is 477 g/mol. The van der Waals surface area contributed by atoms with Crippen LogP contribution in [-0.4, -0.2) is 70.4 Å². The highest BCUT2D eigenvalue weighted by atomic mass is 35.5. The average Bonchev–Trinajstić information content (AvgIpc) is 3.30. The number of ether oxygens (including phenoxy) is 1. The summed E-state index contributed by atoms with van der Waals surface area (Å²) in [6.45, 7) is 3.90. The van der Waals surface area contributed by atoms with E-state index in [-0.39, 0.29) is 0 Å². The first kappa shape index (κ1) is 22.1. The van der Waals surface area contributed by atoms with Crippen LogP contribution in [-0.2, 0) is 4.79 Å². The van der Waals surface area contributed by atoms with E-state index in [1.165, 1.54) is 0 Å². The third kappa shape index (κ3) is 4.40. The lowest BCUT2D eigenvalue weighted by Crippen LogP contribution is -2.46. The van der Waals surface area contributed by atoms with Gasteiger partial charge in [-0.05, 0) is 24.3 Å². The van der Waals surface area contributed by atoms with Crippen molar-refractivity contribution in [3.63, 3.8) is 0 Å². The minimum absolute atomic E-state index is 0.402. The van der Waals surface area contributed by atoms with E-state index in [1.54, 1.807) is 19.5 Å². The molecule has 0 unspecified atom stereocenters. The third-order valence-corrected chi connectivity index (χ3v) is 6.18. The van der Waals surface area contributed by atoms with Gasteiger partial charge in [-0.1, -0.05) is 17.7 Å². The fraction of sp³-hybridized carbons (Fsp3) is 0.250. The summed E-state index contributed by atoms with van der Waals surface area (Å²) in [5.74, 6) is 1.08. The maximum absolute atomic E-state index is 10.8. The Morgan fingerprint density at radius 2 is 1.97 bits per heavy atom. The molecule has 1 aliphatic rings. The highest BCUT2D eigenvalue weighted by Gasteiger charge is 2.19. The molecule has 4 heterocycles. The molecule has 0 aliphatic carbocycles. The molecule has 4 aromatic rings. The van der Waals surface area contributed by atoms with Crippen molar-refractivity contribution in [2.24, 2.45) is 0 Å². The summed E-state index contributed by atoms with van der Waals surface area (Å²) in [5.41, 5.74) is 3.99. The van der Waals surface area contributed by atoms with Crippen LogP contribution in [0.5, 0.6) is 5.75 Å². The molecule has 1 saturated heterocycles. The number of aromatic nitrogens is 4. The zero-order chi connectivity index (χ0) is 23.5. The molecule has 1 aromatic carbocycles. The number of rotatable bonds is 7. The number of pyridine rings is 1. The van der Waals surface area contributed by atoms with E-state index >= 15 is 0 Å². The van der Waals surface area contributed by atoms with Gasteiger partial charge in [-0.2, -0.15) is 0 Å². The van der Waals surface area contributed by atoms with Gasteiger partial charge in [0, 0.05) is 44.1 Å². The van der Waals surface area contributed by atoms with Crippen molar-refractivity contribution in [3.05, 3.63) is 60.0 Å². The Morgan fingerprint density at radius 3 is 2.76 bits per heavy atom. The molecular weight excluding hydrogens is 454 g/mol. The molecule has 174 valence electrons. The number of carbonyl (C=O) groups excluding carboxylic acids is 1. The number of carbonyl (C=O) groups is 1. The maximum Gasteiger partial charge on any atom is 0.227 e. The molecule has 0 atom stereocenters. The van der Waals surface area contributed by atoms with Crippen LogP contribution in [0.2, 0.25) is 5.02 Å². The molecule has 1 fully saturated rings. The molecule has 34 heavy (non-hydrogen) atoms. The van der Waals surface area contributed by atoms with E-state index in [4.69, 9.17) is 16.3 Å². The normalized spacial score (nSPS) is 14.4. The average molecular weight is 478 g/mol. The molecule has 0 saturated carbocycles. The second kappa shape index (κ2) is 9.66. The van der Waals surface area contributed by atoms with Crippen molar-refractivity contribution >= 4 is 40.9 Å². The molecule has 5 rings (SSSR count). The van der Waals surface area contributed by atoms with Gasteiger partial charge >= 0.3 is 0 Å². The van der Waals surface area contributed by atoms with Gasteiger partial charge in [0.2, 0.25) is 5.95 Å². The predicted molar refractivity (Wildman–Crippen MR) is 132 cm³/mol. The van der Waals surface area contributed by atoms with Crippen LogP contribution in [0.25, 0.3) is 17.0 Å². The van der Waals surface area contributed by atoms with Crippen molar-refractivity contribution in [2.75, 3.05) is 50.1 Å². The molecule has 0 radical (unpaired) electrons. The first-order valence-electron chi connectivity index (χ1n) is 11.0. The van der Waals surface area contributed by atoms with Crippen LogP contribution in [0.3, 0.4) is 0 Å². The number of piperazine rings is 1. The molecule has 10 heteroatoms.